The highest BCUT2D eigenvalue weighted by atomic mass is 16.3. The van der Waals surface area contributed by atoms with Crippen molar-refractivity contribution in [3.8, 4) is 0 Å². The first-order chi connectivity index (χ1) is 8.78. The molecule has 18 heavy (non-hydrogen) atoms. The van der Waals surface area contributed by atoms with Crippen LogP contribution in [0.25, 0.3) is 0 Å². The second kappa shape index (κ2) is 6.52. The molecule has 98 valence electrons. The molecule has 1 amide bonds. The van der Waals surface area contributed by atoms with E-state index in [4.69, 9.17) is 5.11 Å². The molecule has 2 rings (SSSR count). The Morgan fingerprint density at radius 2 is 2.06 bits per heavy atom. The molecule has 0 radical (unpaired) electrons. The first kappa shape index (κ1) is 13.1. The lowest BCUT2D eigenvalue weighted by Crippen LogP contribution is -2.52. The minimum atomic E-state index is 0.0716. The van der Waals surface area contributed by atoms with Crippen molar-refractivity contribution >= 4 is 5.91 Å². The predicted molar refractivity (Wildman–Crippen MR) is 70.2 cm³/mol. The molecular weight excluding hydrogens is 228 g/mol. The maximum absolute atomic E-state index is 11.6. The smallest absolute Gasteiger partial charge is 0.234 e. The minimum Gasteiger partial charge on any atom is -0.396 e. The molecule has 1 fully saturated rings. The van der Waals surface area contributed by atoms with Crippen LogP contribution in [0.1, 0.15) is 5.56 Å². The molecule has 0 unspecified atom stereocenters. The van der Waals surface area contributed by atoms with E-state index in [0.29, 0.717) is 19.0 Å². The summed E-state index contributed by atoms with van der Waals surface area (Å²) in [6.45, 7) is 3.03. The van der Waals surface area contributed by atoms with Gasteiger partial charge >= 0.3 is 0 Å². The average molecular weight is 248 g/mol. The molecule has 0 saturated carbocycles. The zero-order chi connectivity index (χ0) is 12.8. The van der Waals surface area contributed by atoms with Gasteiger partial charge in [-0.05, 0) is 12.0 Å². The van der Waals surface area contributed by atoms with E-state index in [1.165, 1.54) is 5.56 Å². The van der Waals surface area contributed by atoms with Gasteiger partial charge in [0.1, 0.15) is 0 Å². The third kappa shape index (κ3) is 3.82. The Labute approximate surface area is 108 Å². The highest BCUT2D eigenvalue weighted by Crippen LogP contribution is 2.13. The molecule has 0 aromatic heterocycles. The van der Waals surface area contributed by atoms with Crippen molar-refractivity contribution in [2.75, 3.05) is 32.8 Å². The van der Waals surface area contributed by atoms with E-state index in [1.807, 2.05) is 18.2 Å². The molecular formula is C14H20N2O2. The number of benzene rings is 1. The molecule has 1 saturated heterocycles. The normalized spacial score (nSPS) is 16.3. The van der Waals surface area contributed by atoms with E-state index in [9.17, 15) is 4.79 Å². The predicted octanol–water partition coefficient (Wildman–Crippen LogP) is 0.269. The molecule has 1 aromatic carbocycles. The van der Waals surface area contributed by atoms with Crippen LogP contribution in [0.4, 0.5) is 0 Å². The van der Waals surface area contributed by atoms with E-state index in [1.54, 1.807) is 0 Å². The summed E-state index contributed by atoms with van der Waals surface area (Å²) < 4.78 is 0. The quantitative estimate of drug-likeness (QED) is 0.760. The number of carbonyl (C=O) groups is 1. The Hall–Kier alpha value is -1.39. The van der Waals surface area contributed by atoms with Crippen molar-refractivity contribution in [2.45, 2.75) is 6.42 Å². The maximum Gasteiger partial charge on any atom is 0.234 e. The zero-order valence-corrected chi connectivity index (χ0v) is 10.5. The van der Waals surface area contributed by atoms with Crippen LogP contribution in [-0.2, 0) is 11.2 Å². The fourth-order valence-electron chi connectivity index (χ4n) is 2.17. The number of hydrogen-bond donors (Lipinski definition) is 2. The summed E-state index contributed by atoms with van der Waals surface area (Å²) in [6.07, 6.45) is 0.867. The summed E-state index contributed by atoms with van der Waals surface area (Å²) in [6, 6.07) is 10.1. The lowest BCUT2D eigenvalue weighted by atomic mass is 10.0. The Bertz CT molecular complexity index is 375. The molecule has 1 aliphatic heterocycles. The number of aliphatic hydroxyl groups is 1. The number of rotatable bonds is 6. The Kier molecular flexibility index (Phi) is 4.73. The van der Waals surface area contributed by atoms with Crippen LogP contribution in [-0.4, -0.2) is 48.7 Å². The van der Waals surface area contributed by atoms with Gasteiger partial charge in [-0.3, -0.25) is 9.69 Å². The van der Waals surface area contributed by atoms with Crippen LogP contribution in [0.2, 0.25) is 0 Å². The lowest BCUT2D eigenvalue weighted by Gasteiger charge is -2.37. The average Bonchev–Trinajstić information content (AvgIpc) is 2.34. The number of nitrogens with zero attached hydrogens (tertiary/aromatic N) is 1. The Balaban J connectivity index is 1.58. The molecule has 0 spiro atoms. The Morgan fingerprint density at radius 1 is 1.33 bits per heavy atom. The molecule has 1 aromatic rings. The van der Waals surface area contributed by atoms with Crippen LogP contribution < -0.4 is 5.32 Å². The van der Waals surface area contributed by atoms with E-state index in [0.717, 1.165) is 19.5 Å². The molecule has 0 atom stereocenters. The van der Waals surface area contributed by atoms with Gasteiger partial charge in [0.25, 0.3) is 0 Å². The van der Waals surface area contributed by atoms with Gasteiger partial charge in [0, 0.05) is 32.2 Å². The zero-order valence-electron chi connectivity index (χ0n) is 10.5. The van der Waals surface area contributed by atoms with E-state index >= 15 is 0 Å². The van der Waals surface area contributed by atoms with E-state index in [2.05, 4.69) is 22.3 Å². The third-order valence-corrected chi connectivity index (χ3v) is 3.24. The molecule has 4 heteroatoms. The molecule has 0 aliphatic carbocycles. The molecule has 1 heterocycles. The van der Waals surface area contributed by atoms with Gasteiger partial charge in [-0.1, -0.05) is 30.3 Å². The maximum atomic E-state index is 11.6. The van der Waals surface area contributed by atoms with Gasteiger partial charge in [0.15, 0.2) is 0 Å². The summed E-state index contributed by atoms with van der Waals surface area (Å²) in [5.41, 5.74) is 1.24. The van der Waals surface area contributed by atoms with Gasteiger partial charge in [-0.2, -0.15) is 0 Å². The molecule has 0 bridgehead atoms. The number of aliphatic hydroxyl groups excluding tert-OH is 1. The Morgan fingerprint density at radius 3 is 2.72 bits per heavy atom. The van der Waals surface area contributed by atoms with Crippen LogP contribution in [0.15, 0.2) is 30.3 Å². The fourth-order valence-corrected chi connectivity index (χ4v) is 2.17. The highest BCUT2D eigenvalue weighted by Gasteiger charge is 2.26. The summed E-state index contributed by atoms with van der Waals surface area (Å²) >= 11 is 0. The van der Waals surface area contributed by atoms with Gasteiger partial charge in [0.2, 0.25) is 5.91 Å². The van der Waals surface area contributed by atoms with Crippen molar-refractivity contribution in [3.05, 3.63) is 35.9 Å². The summed E-state index contributed by atoms with van der Waals surface area (Å²) in [7, 11) is 0. The third-order valence-electron chi connectivity index (χ3n) is 3.24. The van der Waals surface area contributed by atoms with Crippen LogP contribution in [0, 0.1) is 5.92 Å². The first-order valence-electron chi connectivity index (χ1n) is 6.42. The van der Waals surface area contributed by atoms with Crippen LogP contribution in [0.3, 0.4) is 0 Å². The number of hydrogen-bond acceptors (Lipinski definition) is 3. The SMILES string of the molecule is O=C(CN1CC(CO)C1)NCCc1ccccc1. The minimum absolute atomic E-state index is 0.0716. The highest BCUT2D eigenvalue weighted by molar-refractivity contribution is 5.78. The second-order valence-electron chi connectivity index (χ2n) is 4.83. The standard InChI is InChI=1S/C14H20N2O2/c17-11-13-8-16(9-13)10-14(18)15-7-6-12-4-2-1-3-5-12/h1-5,13,17H,6-11H2,(H,15,18). The number of carbonyl (C=O) groups excluding carboxylic acids is 1. The van der Waals surface area contributed by atoms with Gasteiger partial charge in [-0.25, -0.2) is 0 Å². The van der Waals surface area contributed by atoms with Gasteiger partial charge in [-0.15, -0.1) is 0 Å². The van der Waals surface area contributed by atoms with Crippen molar-refractivity contribution < 1.29 is 9.90 Å². The second-order valence-corrected chi connectivity index (χ2v) is 4.83. The fraction of sp³-hybridized carbons (Fsp3) is 0.500. The van der Waals surface area contributed by atoms with E-state index < -0.39 is 0 Å². The molecule has 2 N–H and O–H groups in total. The van der Waals surface area contributed by atoms with Crippen LogP contribution >= 0.6 is 0 Å². The number of amides is 1. The summed E-state index contributed by atoms with van der Waals surface area (Å²) in [5.74, 6) is 0.435. The van der Waals surface area contributed by atoms with Crippen molar-refractivity contribution in [1.29, 1.82) is 0 Å². The van der Waals surface area contributed by atoms with Crippen molar-refractivity contribution in [3.63, 3.8) is 0 Å². The number of likely N-dealkylation sites (tertiary alicyclic amines) is 1. The van der Waals surface area contributed by atoms with E-state index in [-0.39, 0.29) is 12.5 Å². The summed E-state index contributed by atoms with van der Waals surface area (Å²) in [4.78, 5) is 13.7. The molecule has 1 aliphatic rings. The largest absolute Gasteiger partial charge is 0.396 e. The van der Waals surface area contributed by atoms with Gasteiger partial charge in [0.05, 0.1) is 6.54 Å². The van der Waals surface area contributed by atoms with Crippen molar-refractivity contribution in [1.82, 2.24) is 10.2 Å². The first-order valence-corrected chi connectivity index (χ1v) is 6.42. The van der Waals surface area contributed by atoms with Crippen LogP contribution in [0.5, 0.6) is 0 Å². The topological polar surface area (TPSA) is 52.6 Å². The van der Waals surface area contributed by atoms with Crippen molar-refractivity contribution in [2.24, 2.45) is 5.92 Å². The van der Waals surface area contributed by atoms with Gasteiger partial charge < -0.3 is 10.4 Å². The summed E-state index contributed by atoms with van der Waals surface area (Å²) in [5, 5.41) is 11.8. The number of nitrogens with one attached hydrogen (secondary N) is 1. The lowest BCUT2D eigenvalue weighted by molar-refractivity contribution is -0.124. The molecule has 4 nitrogen and oxygen atoms in total. The monoisotopic (exact) mass is 248 g/mol.